The van der Waals surface area contributed by atoms with Crippen molar-refractivity contribution in [1.29, 1.82) is 5.26 Å². The number of benzene rings is 1. The second-order valence-electron chi connectivity index (χ2n) is 4.52. The maximum absolute atomic E-state index is 11.8. The van der Waals surface area contributed by atoms with Gasteiger partial charge in [0, 0.05) is 12.1 Å². The maximum atomic E-state index is 11.8. The Morgan fingerprint density at radius 3 is 2.62 bits per heavy atom. The number of anilines is 1. The third kappa shape index (κ3) is 5.10. The topological polar surface area (TPSA) is 91.5 Å². The Labute approximate surface area is 126 Å². The van der Waals surface area contributed by atoms with Gasteiger partial charge >= 0.3 is 0 Å². The van der Waals surface area contributed by atoms with Crippen molar-refractivity contribution in [1.82, 2.24) is 0 Å². The van der Waals surface area contributed by atoms with E-state index >= 15 is 0 Å². The molecule has 1 aromatic rings. The summed E-state index contributed by atoms with van der Waals surface area (Å²) in [6, 6.07) is 8.52. The highest BCUT2D eigenvalue weighted by atomic mass is 32.2. The van der Waals surface area contributed by atoms with Gasteiger partial charge in [-0.15, -0.1) is 0 Å². The van der Waals surface area contributed by atoms with Gasteiger partial charge in [-0.3, -0.25) is 14.0 Å². The van der Waals surface area contributed by atoms with E-state index < -0.39 is 16.6 Å². The van der Waals surface area contributed by atoms with Crippen LogP contribution in [0.4, 0.5) is 5.69 Å². The first-order valence-corrected chi connectivity index (χ1v) is 7.27. The second-order valence-corrected chi connectivity index (χ2v) is 5.79. The molecule has 2 unspecified atom stereocenters. The molecule has 112 valence electrons. The lowest BCUT2D eigenvalue weighted by Crippen LogP contribution is -2.22. The first-order chi connectivity index (χ1) is 9.94. The van der Waals surface area contributed by atoms with Gasteiger partial charge in [-0.2, -0.15) is 5.26 Å². The normalized spacial score (nSPS) is 14.5. The monoisotopic (exact) mass is 307 g/mol. The van der Waals surface area contributed by atoms with Crippen LogP contribution in [0.15, 0.2) is 34.2 Å². The number of rotatable bonds is 7. The third-order valence-corrected chi connectivity index (χ3v) is 3.87. The zero-order chi connectivity index (χ0) is 15.9. The summed E-state index contributed by atoms with van der Waals surface area (Å²) in [6.07, 6.45) is 0.458. The molecule has 0 radical (unpaired) electrons. The first-order valence-electron chi connectivity index (χ1n) is 6.19. The van der Waals surface area contributed by atoms with Crippen LogP contribution in [0.2, 0.25) is 0 Å². The molecule has 6 nitrogen and oxygen atoms in total. The van der Waals surface area contributed by atoms with E-state index in [1.54, 1.807) is 31.2 Å². The predicted molar refractivity (Wildman–Crippen MR) is 81.3 cm³/mol. The molecular formula is C14H17N3O3S. The van der Waals surface area contributed by atoms with Crippen molar-refractivity contribution in [2.75, 3.05) is 12.4 Å². The molecule has 0 aromatic heterocycles. The van der Waals surface area contributed by atoms with E-state index in [4.69, 9.17) is 9.44 Å². The smallest absolute Gasteiger partial charge is 0.224 e. The van der Waals surface area contributed by atoms with Crippen molar-refractivity contribution in [3.05, 3.63) is 24.3 Å². The summed E-state index contributed by atoms with van der Waals surface area (Å²) in [4.78, 5) is 16.0. The van der Waals surface area contributed by atoms with Gasteiger partial charge in [0.1, 0.15) is 5.54 Å². The Hall–Kier alpha value is -2.04. The fraction of sp³-hybridized carbons (Fsp3) is 0.357. The Kier molecular flexibility index (Phi) is 6.21. The second kappa shape index (κ2) is 7.67. The maximum Gasteiger partial charge on any atom is 0.224 e. The number of aliphatic imine (C=N–C) groups is 1. The van der Waals surface area contributed by atoms with Crippen LogP contribution in [0, 0.1) is 11.3 Å². The lowest BCUT2D eigenvalue weighted by atomic mass is 9.98. The van der Waals surface area contributed by atoms with E-state index in [0.717, 1.165) is 0 Å². The minimum Gasteiger partial charge on any atom is -0.326 e. The van der Waals surface area contributed by atoms with Crippen LogP contribution in [-0.2, 0) is 20.1 Å². The van der Waals surface area contributed by atoms with Crippen molar-refractivity contribution in [3.8, 4) is 6.07 Å². The van der Waals surface area contributed by atoms with Crippen LogP contribution in [-0.4, -0.2) is 29.5 Å². The van der Waals surface area contributed by atoms with Gasteiger partial charge < -0.3 is 5.32 Å². The molecule has 0 heterocycles. The minimum absolute atomic E-state index is 0.162. The van der Waals surface area contributed by atoms with Gasteiger partial charge in [0.25, 0.3) is 0 Å². The highest BCUT2D eigenvalue weighted by Gasteiger charge is 2.22. The summed E-state index contributed by atoms with van der Waals surface area (Å²) in [6.45, 7) is 4.98. The molecule has 21 heavy (non-hydrogen) atoms. The summed E-state index contributed by atoms with van der Waals surface area (Å²) in [5, 5.41) is 11.6. The fourth-order valence-electron chi connectivity index (χ4n) is 1.50. The molecule has 7 heteroatoms. The average molecular weight is 307 g/mol. The number of hydrogen-bond donors (Lipinski definition) is 1. The van der Waals surface area contributed by atoms with E-state index in [0.29, 0.717) is 17.0 Å². The van der Waals surface area contributed by atoms with Gasteiger partial charge in [-0.25, -0.2) is 4.21 Å². The summed E-state index contributed by atoms with van der Waals surface area (Å²) in [7, 11) is 1.35. The summed E-state index contributed by atoms with van der Waals surface area (Å²) >= 11 is -1.50. The van der Waals surface area contributed by atoms with Gasteiger partial charge in [0.2, 0.25) is 5.91 Å². The Morgan fingerprint density at radius 1 is 1.52 bits per heavy atom. The third-order valence-electron chi connectivity index (χ3n) is 2.91. The highest BCUT2D eigenvalue weighted by molar-refractivity contribution is 7.80. The molecule has 1 N–H and O–H groups in total. The SMILES string of the molecule is C=NC(C)(C#N)CCC(=O)Nc1ccc(S(=O)OC)cc1. The standard InChI is InChI=1S/C14H17N3O3S/c1-14(10-15,16-2)9-8-13(18)17-11-4-6-12(7-5-11)21(19)20-3/h4-7H,2,8-9H2,1,3H3,(H,17,18). The van der Waals surface area contributed by atoms with E-state index in [1.165, 1.54) is 7.11 Å². The van der Waals surface area contributed by atoms with Crippen LogP contribution in [0.1, 0.15) is 19.8 Å². The molecule has 0 saturated carbocycles. The lowest BCUT2D eigenvalue weighted by Gasteiger charge is -2.15. The Balaban J connectivity index is 2.58. The van der Waals surface area contributed by atoms with Gasteiger partial charge in [-0.1, -0.05) is 0 Å². The molecule has 0 saturated heterocycles. The zero-order valence-electron chi connectivity index (χ0n) is 12.0. The van der Waals surface area contributed by atoms with Crippen LogP contribution < -0.4 is 5.32 Å². The number of nitrogens with zero attached hydrogens (tertiary/aromatic N) is 2. The van der Waals surface area contributed by atoms with Crippen molar-refractivity contribution < 1.29 is 13.2 Å². The summed E-state index contributed by atoms with van der Waals surface area (Å²) < 4.78 is 16.1. The fourth-order valence-corrected chi connectivity index (χ4v) is 2.05. The Morgan fingerprint density at radius 2 is 2.14 bits per heavy atom. The van der Waals surface area contributed by atoms with E-state index in [-0.39, 0.29) is 12.3 Å². The van der Waals surface area contributed by atoms with Crippen molar-refractivity contribution in [3.63, 3.8) is 0 Å². The number of nitriles is 1. The van der Waals surface area contributed by atoms with Crippen molar-refractivity contribution in [2.24, 2.45) is 4.99 Å². The molecule has 0 spiro atoms. The number of carbonyl (C=O) groups is 1. The van der Waals surface area contributed by atoms with Crippen LogP contribution in [0.25, 0.3) is 0 Å². The molecule has 1 rings (SSSR count). The molecule has 2 atom stereocenters. The largest absolute Gasteiger partial charge is 0.326 e. The number of hydrogen-bond acceptors (Lipinski definition) is 5. The van der Waals surface area contributed by atoms with E-state index in [9.17, 15) is 9.00 Å². The average Bonchev–Trinajstić information content (AvgIpc) is 2.52. The minimum atomic E-state index is -1.50. The molecule has 0 aliphatic rings. The predicted octanol–water partition coefficient (Wildman–Crippen LogP) is 2.06. The summed E-state index contributed by atoms with van der Waals surface area (Å²) in [5.74, 6) is -0.222. The van der Waals surface area contributed by atoms with Gasteiger partial charge in [-0.05, 0) is 44.3 Å². The first kappa shape index (κ1) is 17.0. The number of carbonyl (C=O) groups excluding carboxylic acids is 1. The van der Waals surface area contributed by atoms with Crippen molar-refractivity contribution in [2.45, 2.75) is 30.2 Å². The number of nitrogens with one attached hydrogen (secondary N) is 1. The Bertz CT molecular complexity index is 580. The van der Waals surface area contributed by atoms with E-state index in [2.05, 4.69) is 17.0 Å². The molecule has 1 aromatic carbocycles. The molecule has 0 bridgehead atoms. The quantitative estimate of drug-likeness (QED) is 0.780. The molecule has 0 fully saturated rings. The molecule has 0 aliphatic carbocycles. The van der Waals surface area contributed by atoms with Crippen LogP contribution in [0.3, 0.4) is 0 Å². The highest BCUT2D eigenvalue weighted by Crippen LogP contribution is 2.17. The lowest BCUT2D eigenvalue weighted by molar-refractivity contribution is -0.116. The van der Waals surface area contributed by atoms with Gasteiger partial charge in [0.05, 0.1) is 18.1 Å². The van der Waals surface area contributed by atoms with Crippen LogP contribution >= 0.6 is 0 Å². The van der Waals surface area contributed by atoms with Gasteiger partial charge in [0.15, 0.2) is 11.1 Å². The van der Waals surface area contributed by atoms with Crippen molar-refractivity contribution >= 4 is 29.4 Å². The molecular weight excluding hydrogens is 290 g/mol. The molecule has 0 aliphatic heterocycles. The van der Waals surface area contributed by atoms with E-state index in [1.807, 2.05) is 6.07 Å². The number of amides is 1. The molecule has 1 amide bonds. The zero-order valence-corrected chi connectivity index (χ0v) is 12.8. The summed E-state index contributed by atoms with van der Waals surface area (Å²) in [5.41, 5.74) is -0.363. The van der Waals surface area contributed by atoms with Crippen LogP contribution in [0.5, 0.6) is 0 Å².